The van der Waals surface area contributed by atoms with E-state index in [1.807, 2.05) is 29.2 Å². The number of nitrogens with one attached hydrogen (secondary N) is 1. The number of anilines is 2. The molecule has 2 saturated heterocycles. The quantitative estimate of drug-likeness (QED) is 0.493. The molecule has 0 aliphatic carbocycles. The molecule has 4 rings (SSSR count). The molecule has 11 heteroatoms. The summed E-state index contributed by atoms with van der Waals surface area (Å²) in [6.07, 6.45) is -4.97. The molecular weight excluding hydrogens is 519 g/mol. The second kappa shape index (κ2) is 13.1. The first-order chi connectivity index (χ1) is 18.2. The van der Waals surface area contributed by atoms with Gasteiger partial charge in [-0.1, -0.05) is 23.7 Å². The van der Waals surface area contributed by atoms with Gasteiger partial charge in [-0.25, -0.2) is 0 Å². The first-order valence-corrected chi connectivity index (χ1v) is 13.4. The Morgan fingerprint density at radius 2 is 1.47 bits per heavy atom. The molecule has 2 aliphatic rings. The summed E-state index contributed by atoms with van der Waals surface area (Å²) in [5, 5.41) is 12.6. The number of nitrogens with zero attached hydrogens (tertiary/aromatic N) is 4. The standard InChI is InChI=1S/C27H35ClF3N5O2/c28-23-5-6-24(25(19-23)36-15-13-33(14-16-36)8-7-27(29,30)31)32-26(38)22-3-1-21(2-4-22)20-35-11-9-34(10-12-35)17-18-37/h1-6,19,37H,7-18,20H2,(H,32,38). The lowest BCUT2D eigenvalue weighted by Crippen LogP contribution is -2.47. The van der Waals surface area contributed by atoms with Gasteiger partial charge in [-0.3, -0.25) is 19.5 Å². The van der Waals surface area contributed by atoms with Gasteiger partial charge in [0.2, 0.25) is 0 Å². The Morgan fingerprint density at radius 1 is 0.868 bits per heavy atom. The Labute approximate surface area is 226 Å². The number of halogens is 4. The molecule has 0 spiro atoms. The second-order valence-corrected chi connectivity index (χ2v) is 10.3. The number of hydrogen-bond acceptors (Lipinski definition) is 6. The van der Waals surface area contributed by atoms with Crippen LogP contribution in [0.15, 0.2) is 42.5 Å². The lowest BCUT2D eigenvalue weighted by Gasteiger charge is -2.37. The molecule has 2 heterocycles. The highest BCUT2D eigenvalue weighted by atomic mass is 35.5. The van der Waals surface area contributed by atoms with Crippen molar-refractivity contribution in [1.82, 2.24) is 14.7 Å². The molecule has 1 amide bonds. The molecule has 0 saturated carbocycles. The number of β-amino-alcohol motifs (C(OH)–C–C–N with tert-alkyl or cyclic N) is 1. The van der Waals surface area contributed by atoms with Crippen molar-refractivity contribution in [2.24, 2.45) is 0 Å². The zero-order chi connectivity index (χ0) is 27.1. The molecule has 0 bridgehead atoms. The zero-order valence-electron chi connectivity index (χ0n) is 21.4. The number of hydrogen-bond donors (Lipinski definition) is 2. The first kappa shape index (κ1) is 28.6. The maximum absolute atomic E-state index is 13.1. The van der Waals surface area contributed by atoms with E-state index in [4.69, 9.17) is 16.7 Å². The number of piperazine rings is 2. The van der Waals surface area contributed by atoms with Crippen LogP contribution < -0.4 is 10.2 Å². The fourth-order valence-corrected chi connectivity index (χ4v) is 5.06. The molecule has 208 valence electrons. The number of rotatable bonds is 9. The van der Waals surface area contributed by atoms with E-state index < -0.39 is 12.6 Å². The summed E-state index contributed by atoms with van der Waals surface area (Å²) in [5.41, 5.74) is 3.05. The van der Waals surface area contributed by atoms with E-state index in [9.17, 15) is 18.0 Å². The van der Waals surface area contributed by atoms with Crippen LogP contribution in [0.25, 0.3) is 0 Å². The average molecular weight is 554 g/mol. The Balaban J connectivity index is 1.33. The van der Waals surface area contributed by atoms with Crippen molar-refractivity contribution >= 4 is 28.9 Å². The van der Waals surface area contributed by atoms with Gasteiger partial charge in [0.15, 0.2) is 0 Å². The van der Waals surface area contributed by atoms with Gasteiger partial charge in [0.05, 0.1) is 24.4 Å². The summed E-state index contributed by atoms with van der Waals surface area (Å²) in [7, 11) is 0. The van der Waals surface area contributed by atoms with Crippen LogP contribution in [0.1, 0.15) is 22.3 Å². The molecule has 7 nitrogen and oxygen atoms in total. The molecule has 2 N–H and O–H groups in total. The van der Waals surface area contributed by atoms with Crippen molar-refractivity contribution in [3.8, 4) is 0 Å². The molecular formula is C27H35ClF3N5O2. The van der Waals surface area contributed by atoms with Crippen LogP contribution in [0.3, 0.4) is 0 Å². The molecule has 2 aromatic rings. The van der Waals surface area contributed by atoms with Gasteiger partial charge in [-0.2, -0.15) is 13.2 Å². The highest BCUT2D eigenvalue weighted by Crippen LogP contribution is 2.31. The molecule has 0 aromatic heterocycles. The van der Waals surface area contributed by atoms with E-state index in [1.54, 1.807) is 18.2 Å². The summed E-state index contributed by atoms with van der Waals surface area (Å²) < 4.78 is 37.7. The Bertz CT molecular complexity index is 1050. The summed E-state index contributed by atoms with van der Waals surface area (Å²) in [6.45, 7) is 7.57. The maximum Gasteiger partial charge on any atom is 0.390 e. The van der Waals surface area contributed by atoms with Crippen LogP contribution in [-0.2, 0) is 6.54 Å². The van der Waals surface area contributed by atoms with Crippen LogP contribution in [-0.4, -0.2) is 104 Å². The van der Waals surface area contributed by atoms with Crippen LogP contribution >= 0.6 is 11.6 Å². The summed E-state index contributed by atoms with van der Waals surface area (Å²) >= 11 is 6.25. The summed E-state index contributed by atoms with van der Waals surface area (Å²) in [4.78, 5) is 21.5. The Kier molecular flexibility index (Phi) is 9.89. The van der Waals surface area contributed by atoms with E-state index >= 15 is 0 Å². The van der Waals surface area contributed by atoms with Crippen molar-refractivity contribution in [3.63, 3.8) is 0 Å². The highest BCUT2D eigenvalue weighted by Gasteiger charge is 2.29. The van der Waals surface area contributed by atoms with Crippen molar-refractivity contribution in [2.45, 2.75) is 19.1 Å². The Morgan fingerprint density at radius 3 is 2.11 bits per heavy atom. The molecule has 0 radical (unpaired) electrons. The number of aliphatic hydroxyl groups is 1. The van der Waals surface area contributed by atoms with E-state index in [1.165, 1.54) is 0 Å². The highest BCUT2D eigenvalue weighted by molar-refractivity contribution is 6.31. The van der Waals surface area contributed by atoms with Crippen LogP contribution in [0.4, 0.5) is 24.5 Å². The third kappa shape index (κ3) is 8.31. The van der Waals surface area contributed by atoms with E-state index in [2.05, 4.69) is 20.0 Å². The molecule has 0 atom stereocenters. The molecule has 2 aliphatic heterocycles. The number of carbonyl (C=O) groups excluding carboxylic acids is 1. The van der Waals surface area contributed by atoms with Crippen LogP contribution in [0, 0.1) is 0 Å². The minimum Gasteiger partial charge on any atom is -0.395 e. The molecule has 38 heavy (non-hydrogen) atoms. The van der Waals surface area contributed by atoms with Crippen molar-refractivity contribution < 1.29 is 23.1 Å². The van der Waals surface area contributed by atoms with Gasteiger partial charge in [-0.05, 0) is 35.9 Å². The molecule has 0 unspecified atom stereocenters. The lowest BCUT2D eigenvalue weighted by atomic mass is 10.1. The third-order valence-electron chi connectivity index (χ3n) is 7.14. The summed E-state index contributed by atoms with van der Waals surface area (Å²) in [6, 6.07) is 12.8. The monoisotopic (exact) mass is 553 g/mol. The van der Waals surface area contributed by atoms with E-state index in [0.717, 1.165) is 44.0 Å². The number of aliphatic hydroxyl groups excluding tert-OH is 1. The van der Waals surface area contributed by atoms with Gasteiger partial charge in [0.1, 0.15) is 0 Å². The van der Waals surface area contributed by atoms with Gasteiger partial charge in [0, 0.05) is 82.6 Å². The molecule has 2 aromatic carbocycles. The van der Waals surface area contributed by atoms with Crippen molar-refractivity contribution in [3.05, 3.63) is 58.6 Å². The van der Waals surface area contributed by atoms with Crippen LogP contribution in [0.2, 0.25) is 5.02 Å². The number of benzene rings is 2. The number of amides is 1. The predicted octanol–water partition coefficient (Wildman–Crippen LogP) is 3.78. The Hall–Kier alpha value is -2.37. The fourth-order valence-electron chi connectivity index (χ4n) is 4.90. The topological polar surface area (TPSA) is 62.3 Å². The minimum atomic E-state index is -4.16. The van der Waals surface area contributed by atoms with Gasteiger partial charge >= 0.3 is 6.18 Å². The lowest BCUT2D eigenvalue weighted by molar-refractivity contribution is -0.138. The molecule has 2 fully saturated rings. The average Bonchev–Trinajstić information content (AvgIpc) is 2.90. The van der Waals surface area contributed by atoms with E-state index in [-0.39, 0.29) is 19.1 Å². The smallest absolute Gasteiger partial charge is 0.390 e. The largest absolute Gasteiger partial charge is 0.395 e. The first-order valence-electron chi connectivity index (χ1n) is 13.0. The van der Waals surface area contributed by atoms with Crippen molar-refractivity contribution in [2.75, 3.05) is 82.3 Å². The predicted molar refractivity (Wildman–Crippen MR) is 144 cm³/mol. The summed E-state index contributed by atoms with van der Waals surface area (Å²) in [5.74, 6) is -0.235. The second-order valence-electron chi connectivity index (χ2n) is 9.85. The minimum absolute atomic E-state index is 0.00755. The van der Waals surface area contributed by atoms with Crippen LogP contribution in [0.5, 0.6) is 0 Å². The van der Waals surface area contributed by atoms with Crippen molar-refractivity contribution in [1.29, 1.82) is 0 Å². The SMILES string of the molecule is O=C(Nc1ccc(Cl)cc1N1CCN(CCC(F)(F)F)CC1)c1ccc(CN2CCN(CCO)CC2)cc1. The number of alkyl halides is 3. The van der Waals surface area contributed by atoms with Gasteiger partial charge in [-0.15, -0.1) is 0 Å². The normalized spacial score (nSPS) is 18.1. The van der Waals surface area contributed by atoms with Gasteiger partial charge < -0.3 is 15.3 Å². The number of carbonyl (C=O) groups is 1. The van der Waals surface area contributed by atoms with E-state index in [0.29, 0.717) is 49.0 Å². The fraction of sp³-hybridized carbons (Fsp3) is 0.519. The van der Waals surface area contributed by atoms with Gasteiger partial charge in [0.25, 0.3) is 5.91 Å². The third-order valence-corrected chi connectivity index (χ3v) is 7.37. The zero-order valence-corrected chi connectivity index (χ0v) is 22.1. The maximum atomic E-state index is 13.1.